The Morgan fingerprint density at radius 2 is 1.60 bits per heavy atom. The van der Waals surface area contributed by atoms with Crippen LogP contribution >= 0.6 is 27.5 Å². The zero-order chi connectivity index (χ0) is 11.3. The Kier molecular flexibility index (Phi) is 2.39. The van der Waals surface area contributed by atoms with Crippen LogP contribution in [0.25, 0.3) is 5.57 Å². The van der Waals surface area contributed by atoms with Crippen LogP contribution in [0.5, 0.6) is 0 Å². The topological polar surface area (TPSA) is 0 Å². The molecule has 5 heteroatoms. The molecule has 0 aromatic heterocycles. The van der Waals surface area contributed by atoms with Crippen molar-refractivity contribution in [1.82, 2.24) is 0 Å². The van der Waals surface area contributed by atoms with E-state index < -0.39 is 11.1 Å². The van der Waals surface area contributed by atoms with Gasteiger partial charge < -0.3 is 0 Å². The maximum absolute atomic E-state index is 13.4. The molecule has 0 amide bonds. The molecule has 0 saturated heterocycles. The van der Waals surface area contributed by atoms with E-state index in [0.29, 0.717) is 11.6 Å². The van der Waals surface area contributed by atoms with Crippen molar-refractivity contribution in [3.63, 3.8) is 0 Å². The molecule has 0 bridgehead atoms. The van der Waals surface area contributed by atoms with Gasteiger partial charge in [-0.15, -0.1) is 0 Å². The van der Waals surface area contributed by atoms with Crippen LogP contribution < -0.4 is 0 Å². The Bertz CT molecular complexity index is 423. The molecule has 1 aliphatic rings. The minimum absolute atomic E-state index is 0.179. The van der Waals surface area contributed by atoms with E-state index in [1.165, 1.54) is 12.1 Å². The third-order valence-electron chi connectivity index (χ3n) is 2.24. The minimum atomic E-state index is -3.59. The summed E-state index contributed by atoms with van der Waals surface area (Å²) >= 11 is 8.33. The summed E-state index contributed by atoms with van der Waals surface area (Å²) in [7, 11) is 0. The van der Waals surface area contributed by atoms with Gasteiger partial charge in [-0.25, -0.2) is 4.39 Å². The summed E-state index contributed by atoms with van der Waals surface area (Å²) in [5, 5.41) is -3.08. The molecule has 0 nitrogen and oxygen atoms in total. The number of hydrogen-bond acceptors (Lipinski definition) is 0. The van der Waals surface area contributed by atoms with Gasteiger partial charge in [-0.1, -0.05) is 39.7 Å². The highest BCUT2D eigenvalue weighted by molar-refractivity contribution is 9.10. The normalized spacial score (nSPS) is 28.2. The van der Waals surface area contributed by atoms with Crippen LogP contribution in [0, 0.1) is 0 Å². The maximum Gasteiger partial charge on any atom is 0.318 e. The van der Waals surface area contributed by atoms with E-state index in [9.17, 15) is 13.2 Å². The number of rotatable bonds is 1. The molecule has 1 atom stereocenters. The van der Waals surface area contributed by atoms with Crippen LogP contribution in [0.4, 0.5) is 13.2 Å². The molecular formula is C10H5BrClF3. The Balaban J connectivity index is 2.40. The van der Waals surface area contributed by atoms with Crippen molar-refractivity contribution in [3.05, 3.63) is 40.4 Å². The standard InChI is InChI=1S/C10H5BrClF3/c11-7-3-1-6(2-4-7)8-5-9(13,14)10(8,12)15/h1-5H. The lowest BCUT2D eigenvalue weighted by Gasteiger charge is -2.36. The molecule has 0 saturated carbocycles. The average molecular weight is 298 g/mol. The molecule has 80 valence electrons. The monoisotopic (exact) mass is 296 g/mol. The highest BCUT2D eigenvalue weighted by Crippen LogP contribution is 2.55. The third kappa shape index (κ3) is 1.60. The lowest BCUT2D eigenvalue weighted by Crippen LogP contribution is -2.47. The van der Waals surface area contributed by atoms with Crippen LogP contribution in [-0.2, 0) is 0 Å². The van der Waals surface area contributed by atoms with Gasteiger partial charge in [-0.3, -0.25) is 0 Å². The van der Waals surface area contributed by atoms with E-state index in [4.69, 9.17) is 11.6 Å². The van der Waals surface area contributed by atoms with Crippen LogP contribution in [0.3, 0.4) is 0 Å². The predicted molar refractivity (Wildman–Crippen MR) is 56.8 cm³/mol. The van der Waals surface area contributed by atoms with E-state index in [-0.39, 0.29) is 5.57 Å². The summed E-state index contributed by atoms with van der Waals surface area (Å²) in [6.07, 6.45) is 0.545. The highest BCUT2D eigenvalue weighted by atomic mass is 79.9. The third-order valence-corrected chi connectivity index (χ3v) is 3.22. The van der Waals surface area contributed by atoms with Gasteiger partial charge in [0.2, 0.25) is 0 Å². The summed E-state index contributed by atoms with van der Waals surface area (Å²) in [5.74, 6) is -3.59. The smallest absolute Gasteiger partial charge is 0.214 e. The molecule has 0 heterocycles. The number of benzene rings is 1. The summed E-state index contributed by atoms with van der Waals surface area (Å²) in [4.78, 5) is 0. The molecule has 15 heavy (non-hydrogen) atoms. The first-order valence-electron chi connectivity index (χ1n) is 4.09. The van der Waals surface area contributed by atoms with Gasteiger partial charge in [0.1, 0.15) is 0 Å². The van der Waals surface area contributed by atoms with E-state index >= 15 is 0 Å². The van der Waals surface area contributed by atoms with Crippen LogP contribution in [0.2, 0.25) is 0 Å². The van der Waals surface area contributed by atoms with Gasteiger partial charge in [0.15, 0.2) is 0 Å². The lowest BCUT2D eigenvalue weighted by molar-refractivity contribution is -0.0425. The highest BCUT2D eigenvalue weighted by Gasteiger charge is 2.63. The van der Waals surface area contributed by atoms with Gasteiger partial charge in [0.25, 0.3) is 5.13 Å². The van der Waals surface area contributed by atoms with Crippen LogP contribution in [-0.4, -0.2) is 11.1 Å². The van der Waals surface area contributed by atoms with E-state index in [2.05, 4.69) is 15.9 Å². The number of alkyl halides is 4. The Labute approximate surface area is 97.9 Å². The number of halogens is 5. The second kappa shape index (κ2) is 3.25. The quantitative estimate of drug-likeness (QED) is 0.675. The predicted octanol–water partition coefficient (Wildman–Crippen LogP) is 4.39. The largest absolute Gasteiger partial charge is 0.318 e. The van der Waals surface area contributed by atoms with Gasteiger partial charge >= 0.3 is 5.92 Å². The van der Waals surface area contributed by atoms with Gasteiger partial charge in [-0.05, 0) is 23.8 Å². The zero-order valence-corrected chi connectivity index (χ0v) is 9.62. The molecule has 0 radical (unpaired) electrons. The van der Waals surface area contributed by atoms with Gasteiger partial charge in [0.05, 0.1) is 0 Å². The SMILES string of the molecule is FC1(F)C=C(c2ccc(Br)cc2)C1(F)Cl. The second-order valence-electron chi connectivity index (χ2n) is 3.26. The molecule has 0 spiro atoms. The molecule has 0 fully saturated rings. The molecular weight excluding hydrogens is 292 g/mol. The minimum Gasteiger partial charge on any atom is -0.214 e. The fourth-order valence-corrected chi connectivity index (χ4v) is 1.84. The first-order valence-corrected chi connectivity index (χ1v) is 5.26. The molecule has 2 rings (SSSR count). The molecule has 1 aromatic carbocycles. The molecule has 0 aliphatic heterocycles. The Hall–Kier alpha value is -0.480. The molecule has 1 aliphatic carbocycles. The summed E-state index contributed by atoms with van der Waals surface area (Å²) in [6, 6.07) is 6.34. The summed E-state index contributed by atoms with van der Waals surface area (Å²) in [5.41, 5.74) is 0.184. The van der Waals surface area contributed by atoms with Crippen LogP contribution in [0.15, 0.2) is 34.8 Å². The first kappa shape index (κ1) is 11.0. The molecule has 1 aromatic rings. The van der Waals surface area contributed by atoms with Crippen LogP contribution in [0.1, 0.15) is 5.56 Å². The number of hydrogen-bond donors (Lipinski definition) is 0. The average Bonchev–Trinajstić information content (AvgIpc) is 2.16. The Morgan fingerprint density at radius 1 is 1.07 bits per heavy atom. The molecule has 0 N–H and O–H groups in total. The lowest BCUT2D eigenvalue weighted by atomic mass is 9.86. The molecule has 1 unspecified atom stereocenters. The van der Waals surface area contributed by atoms with E-state index in [1.807, 2.05) is 0 Å². The van der Waals surface area contributed by atoms with E-state index in [1.54, 1.807) is 12.1 Å². The van der Waals surface area contributed by atoms with E-state index in [0.717, 1.165) is 4.47 Å². The fraction of sp³-hybridized carbons (Fsp3) is 0.200. The first-order chi connectivity index (χ1) is 6.84. The second-order valence-corrected chi connectivity index (χ2v) is 4.70. The van der Waals surface area contributed by atoms with Crippen molar-refractivity contribution in [1.29, 1.82) is 0 Å². The summed E-state index contributed by atoms with van der Waals surface area (Å²) in [6.45, 7) is 0. The van der Waals surface area contributed by atoms with Gasteiger partial charge in [0, 0.05) is 10.0 Å². The van der Waals surface area contributed by atoms with Crippen molar-refractivity contribution >= 4 is 33.1 Å². The van der Waals surface area contributed by atoms with Crippen molar-refractivity contribution in [2.45, 2.75) is 11.1 Å². The fourth-order valence-electron chi connectivity index (χ4n) is 1.36. The van der Waals surface area contributed by atoms with Gasteiger partial charge in [-0.2, -0.15) is 8.78 Å². The number of allylic oxidation sites excluding steroid dienone is 2. The summed E-state index contributed by atoms with van der Waals surface area (Å²) < 4.78 is 39.6. The van der Waals surface area contributed by atoms with Crippen molar-refractivity contribution < 1.29 is 13.2 Å². The zero-order valence-electron chi connectivity index (χ0n) is 7.28. The van der Waals surface area contributed by atoms with Crippen molar-refractivity contribution in [2.75, 3.05) is 0 Å². The van der Waals surface area contributed by atoms with Crippen molar-refractivity contribution in [2.24, 2.45) is 0 Å². The Morgan fingerprint density at radius 3 is 2.00 bits per heavy atom. The maximum atomic E-state index is 13.4. The van der Waals surface area contributed by atoms with Crippen molar-refractivity contribution in [3.8, 4) is 0 Å².